The minimum atomic E-state index is -0.396. The quantitative estimate of drug-likeness (QED) is 0.822. The van der Waals surface area contributed by atoms with Crippen molar-refractivity contribution in [1.29, 1.82) is 5.26 Å². The molecule has 1 aliphatic heterocycles. The van der Waals surface area contributed by atoms with Gasteiger partial charge in [0.1, 0.15) is 11.6 Å². The molecule has 0 aliphatic carbocycles. The van der Waals surface area contributed by atoms with E-state index in [0.717, 1.165) is 5.56 Å². The number of rotatable bonds is 1. The van der Waals surface area contributed by atoms with Crippen LogP contribution in [0, 0.1) is 11.3 Å². The first-order valence-electron chi connectivity index (χ1n) is 5.31. The molecule has 5 nitrogen and oxygen atoms in total. The van der Waals surface area contributed by atoms with Crippen molar-refractivity contribution in [2.24, 2.45) is 0 Å². The maximum Gasteiger partial charge on any atom is 0.266 e. The van der Waals surface area contributed by atoms with Gasteiger partial charge >= 0.3 is 0 Å². The van der Waals surface area contributed by atoms with Crippen LogP contribution >= 0.6 is 0 Å². The molecule has 0 bridgehead atoms. The highest BCUT2D eigenvalue weighted by Crippen LogP contribution is 2.36. The first kappa shape index (κ1) is 10.4. The summed E-state index contributed by atoms with van der Waals surface area (Å²) < 4.78 is 10.5. The van der Waals surface area contributed by atoms with E-state index in [4.69, 9.17) is 14.7 Å². The number of hydrogen-bond donors (Lipinski definition) is 1. The van der Waals surface area contributed by atoms with Crippen molar-refractivity contribution in [3.8, 4) is 28.7 Å². The van der Waals surface area contributed by atoms with E-state index in [0.29, 0.717) is 17.1 Å². The molecule has 0 radical (unpaired) electrons. The molecule has 3 rings (SSSR count). The van der Waals surface area contributed by atoms with E-state index in [1.54, 1.807) is 24.3 Å². The number of pyridine rings is 1. The van der Waals surface area contributed by atoms with Crippen LogP contribution in [-0.2, 0) is 0 Å². The van der Waals surface area contributed by atoms with E-state index in [1.165, 1.54) is 6.20 Å². The lowest BCUT2D eigenvalue weighted by molar-refractivity contribution is 0.174. The van der Waals surface area contributed by atoms with Crippen molar-refractivity contribution < 1.29 is 9.47 Å². The number of H-pyrrole nitrogens is 1. The number of benzene rings is 1. The summed E-state index contributed by atoms with van der Waals surface area (Å²) in [6, 6.07) is 8.93. The molecule has 88 valence electrons. The van der Waals surface area contributed by atoms with Crippen molar-refractivity contribution >= 4 is 0 Å². The Labute approximate surface area is 102 Å². The van der Waals surface area contributed by atoms with E-state index < -0.39 is 5.56 Å². The van der Waals surface area contributed by atoms with E-state index in [2.05, 4.69) is 4.98 Å². The molecule has 0 amide bonds. The Bertz CT molecular complexity index is 713. The molecular formula is C13H8N2O3. The van der Waals surface area contributed by atoms with E-state index in [1.807, 2.05) is 6.07 Å². The predicted molar refractivity (Wildman–Crippen MR) is 63.3 cm³/mol. The molecule has 18 heavy (non-hydrogen) atoms. The molecule has 0 unspecified atom stereocenters. The Morgan fingerprint density at radius 2 is 2.06 bits per heavy atom. The van der Waals surface area contributed by atoms with Gasteiger partial charge in [-0.3, -0.25) is 4.79 Å². The molecule has 1 aromatic heterocycles. The number of hydrogen-bond acceptors (Lipinski definition) is 4. The SMILES string of the molecule is N#Cc1c(-c2ccc3c(c2)OCO3)cc[nH]c1=O. The lowest BCUT2D eigenvalue weighted by Crippen LogP contribution is -2.10. The lowest BCUT2D eigenvalue weighted by Gasteiger charge is -2.04. The fourth-order valence-corrected chi connectivity index (χ4v) is 1.89. The monoisotopic (exact) mass is 240 g/mol. The second-order valence-corrected chi connectivity index (χ2v) is 3.78. The largest absolute Gasteiger partial charge is 0.454 e. The fraction of sp³-hybridized carbons (Fsp3) is 0.0769. The lowest BCUT2D eigenvalue weighted by atomic mass is 10.0. The van der Waals surface area contributed by atoms with Gasteiger partial charge in [-0.25, -0.2) is 0 Å². The van der Waals surface area contributed by atoms with Gasteiger partial charge in [-0.15, -0.1) is 0 Å². The summed E-state index contributed by atoms with van der Waals surface area (Å²) in [6.07, 6.45) is 1.52. The molecule has 1 N–H and O–H groups in total. The van der Waals surface area contributed by atoms with Gasteiger partial charge in [-0.1, -0.05) is 6.07 Å². The number of fused-ring (bicyclic) bond motifs is 1. The van der Waals surface area contributed by atoms with Gasteiger partial charge in [0.2, 0.25) is 6.79 Å². The number of nitrogens with one attached hydrogen (secondary N) is 1. The highest BCUT2D eigenvalue weighted by Gasteiger charge is 2.16. The summed E-state index contributed by atoms with van der Waals surface area (Å²) >= 11 is 0. The van der Waals surface area contributed by atoms with Crippen LogP contribution in [0.15, 0.2) is 35.3 Å². The number of nitriles is 1. The Morgan fingerprint density at radius 1 is 1.22 bits per heavy atom. The minimum absolute atomic E-state index is 0.0939. The first-order valence-corrected chi connectivity index (χ1v) is 5.31. The summed E-state index contributed by atoms with van der Waals surface area (Å²) in [5.74, 6) is 1.29. The summed E-state index contributed by atoms with van der Waals surface area (Å²) in [6.45, 7) is 0.194. The predicted octanol–water partition coefficient (Wildman–Crippen LogP) is 1.64. The number of aromatic nitrogens is 1. The van der Waals surface area contributed by atoms with Crippen LogP contribution in [0.25, 0.3) is 11.1 Å². The molecule has 1 aromatic carbocycles. The Morgan fingerprint density at radius 3 is 2.89 bits per heavy atom. The third kappa shape index (κ3) is 1.52. The van der Waals surface area contributed by atoms with Gasteiger partial charge < -0.3 is 14.5 Å². The van der Waals surface area contributed by atoms with Gasteiger partial charge in [0.05, 0.1) is 0 Å². The highest BCUT2D eigenvalue weighted by atomic mass is 16.7. The van der Waals surface area contributed by atoms with E-state index in [-0.39, 0.29) is 12.4 Å². The minimum Gasteiger partial charge on any atom is -0.454 e. The topological polar surface area (TPSA) is 75.1 Å². The van der Waals surface area contributed by atoms with Crippen molar-refractivity contribution in [1.82, 2.24) is 4.98 Å². The molecule has 2 aromatic rings. The third-order valence-corrected chi connectivity index (χ3v) is 2.76. The summed E-state index contributed by atoms with van der Waals surface area (Å²) in [7, 11) is 0. The molecule has 5 heteroatoms. The average molecular weight is 240 g/mol. The van der Waals surface area contributed by atoms with Crippen LogP contribution in [0.2, 0.25) is 0 Å². The van der Waals surface area contributed by atoms with Crippen LogP contribution in [-0.4, -0.2) is 11.8 Å². The molecule has 0 fully saturated rings. The van der Waals surface area contributed by atoms with Crippen molar-refractivity contribution in [3.05, 3.63) is 46.4 Å². The second kappa shape index (κ2) is 3.93. The van der Waals surface area contributed by atoms with E-state index in [9.17, 15) is 4.79 Å². The number of nitrogens with zero attached hydrogens (tertiary/aromatic N) is 1. The van der Waals surface area contributed by atoms with Crippen LogP contribution < -0.4 is 15.0 Å². The second-order valence-electron chi connectivity index (χ2n) is 3.78. The van der Waals surface area contributed by atoms with Gasteiger partial charge in [-0.2, -0.15) is 5.26 Å². The standard InChI is InChI=1S/C13H8N2O3/c14-6-10-9(3-4-15-13(10)16)8-1-2-11-12(5-8)18-7-17-11/h1-5H,7H2,(H,15,16). The van der Waals surface area contributed by atoms with Gasteiger partial charge in [0.15, 0.2) is 11.5 Å². The summed E-state index contributed by atoms with van der Waals surface area (Å²) in [5.41, 5.74) is 1.03. The van der Waals surface area contributed by atoms with Crippen molar-refractivity contribution in [2.75, 3.05) is 6.79 Å². The van der Waals surface area contributed by atoms with Crippen molar-refractivity contribution in [3.63, 3.8) is 0 Å². The summed E-state index contributed by atoms with van der Waals surface area (Å²) in [4.78, 5) is 14.0. The van der Waals surface area contributed by atoms with Gasteiger partial charge in [0, 0.05) is 11.8 Å². The maximum absolute atomic E-state index is 11.5. The molecule has 0 spiro atoms. The molecule has 0 atom stereocenters. The maximum atomic E-state index is 11.5. The number of aromatic amines is 1. The van der Waals surface area contributed by atoms with E-state index >= 15 is 0 Å². The highest BCUT2D eigenvalue weighted by molar-refractivity contribution is 5.72. The molecule has 0 saturated carbocycles. The summed E-state index contributed by atoms with van der Waals surface area (Å²) in [5, 5.41) is 9.03. The van der Waals surface area contributed by atoms with Crippen LogP contribution in [0.4, 0.5) is 0 Å². The van der Waals surface area contributed by atoms with Crippen LogP contribution in [0.5, 0.6) is 11.5 Å². The normalized spacial score (nSPS) is 12.2. The zero-order chi connectivity index (χ0) is 12.5. The number of ether oxygens (including phenoxy) is 2. The van der Waals surface area contributed by atoms with Crippen LogP contribution in [0.1, 0.15) is 5.56 Å². The molecule has 0 saturated heterocycles. The average Bonchev–Trinajstić information content (AvgIpc) is 2.85. The third-order valence-electron chi connectivity index (χ3n) is 2.76. The fourth-order valence-electron chi connectivity index (χ4n) is 1.89. The first-order chi connectivity index (χ1) is 8.79. The zero-order valence-corrected chi connectivity index (χ0v) is 9.27. The Balaban J connectivity index is 2.19. The Hall–Kier alpha value is -2.74. The van der Waals surface area contributed by atoms with Gasteiger partial charge in [0.25, 0.3) is 5.56 Å². The Kier molecular flexibility index (Phi) is 2.27. The van der Waals surface area contributed by atoms with Gasteiger partial charge in [-0.05, 0) is 23.8 Å². The smallest absolute Gasteiger partial charge is 0.266 e. The molecule has 2 heterocycles. The molecule has 1 aliphatic rings. The van der Waals surface area contributed by atoms with Crippen molar-refractivity contribution in [2.45, 2.75) is 0 Å². The zero-order valence-electron chi connectivity index (χ0n) is 9.27. The van der Waals surface area contributed by atoms with Crippen LogP contribution in [0.3, 0.4) is 0 Å². The molecular weight excluding hydrogens is 232 g/mol.